The van der Waals surface area contributed by atoms with Crippen LogP contribution >= 0.6 is 0 Å². The Kier molecular flexibility index (Phi) is 8.71. The molecule has 0 bridgehead atoms. The van der Waals surface area contributed by atoms with Crippen molar-refractivity contribution in [3.63, 3.8) is 0 Å². The number of alkyl halides is 5. The summed E-state index contributed by atoms with van der Waals surface area (Å²) in [5.74, 6) is -4.40. The maximum Gasteiger partial charge on any atom is 0.416 e. The van der Waals surface area contributed by atoms with Gasteiger partial charge in [-0.05, 0) is 92.1 Å². The molecule has 3 aromatic rings. The summed E-state index contributed by atoms with van der Waals surface area (Å²) >= 11 is 0. The Morgan fingerprint density at radius 1 is 1.02 bits per heavy atom. The van der Waals surface area contributed by atoms with Gasteiger partial charge in [-0.2, -0.15) is 13.2 Å². The van der Waals surface area contributed by atoms with Gasteiger partial charge in [-0.1, -0.05) is 6.07 Å². The van der Waals surface area contributed by atoms with Gasteiger partial charge in [0.15, 0.2) is 0 Å². The number of hydrogen-bond acceptors (Lipinski definition) is 6. The molecule has 0 radical (unpaired) electrons. The Hall–Kier alpha value is -4.49. The van der Waals surface area contributed by atoms with Crippen LogP contribution in [0.3, 0.4) is 0 Å². The van der Waals surface area contributed by atoms with Gasteiger partial charge in [0.1, 0.15) is 23.5 Å². The maximum absolute atomic E-state index is 14.3. The van der Waals surface area contributed by atoms with Gasteiger partial charge in [-0.25, -0.2) is 22.9 Å². The molecular formula is C34H33F6N3O5. The van der Waals surface area contributed by atoms with Crippen molar-refractivity contribution < 1.29 is 50.5 Å². The third-order valence-corrected chi connectivity index (χ3v) is 9.48. The second-order valence-corrected chi connectivity index (χ2v) is 12.7. The fraction of sp³-hybridized carbons (Fsp3) is 0.441. The van der Waals surface area contributed by atoms with Crippen molar-refractivity contribution in [2.45, 2.75) is 69.3 Å². The van der Waals surface area contributed by atoms with Crippen molar-refractivity contribution in [3.8, 4) is 16.9 Å². The lowest BCUT2D eigenvalue weighted by atomic mass is 9.78. The molecule has 2 atom stereocenters. The van der Waals surface area contributed by atoms with E-state index in [4.69, 9.17) is 9.47 Å². The molecule has 14 heteroatoms. The topological polar surface area (TPSA) is 92.2 Å². The summed E-state index contributed by atoms with van der Waals surface area (Å²) < 4.78 is 93.3. The van der Waals surface area contributed by atoms with Gasteiger partial charge < -0.3 is 19.5 Å². The number of anilines is 1. The van der Waals surface area contributed by atoms with Crippen molar-refractivity contribution in [2.75, 3.05) is 25.1 Å². The second kappa shape index (κ2) is 12.5. The van der Waals surface area contributed by atoms with E-state index in [-0.39, 0.29) is 23.8 Å². The SMILES string of the molecule is COc1ccc([C@H]2CC[C@H](C(=O)O)CC2)cc1-c1ccc(N2CC(F)(F)C2)nc1CN1C(=O)O[C@H](c2cc(F)cc(C(F)(F)F)c2)[C@@H]1C. The van der Waals surface area contributed by atoms with E-state index in [0.29, 0.717) is 54.3 Å². The summed E-state index contributed by atoms with van der Waals surface area (Å²) in [6.07, 6.45) is -4.50. The zero-order valence-corrected chi connectivity index (χ0v) is 26.1. The first-order valence-electron chi connectivity index (χ1n) is 15.5. The zero-order chi connectivity index (χ0) is 34.5. The molecule has 2 saturated heterocycles. The minimum atomic E-state index is -4.82. The molecule has 6 rings (SSSR count). The lowest BCUT2D eigenvalue weighted by Gasteiger charge is -2.39. The first kappa shape index (κ1) is 33.4. The van der Waals surface area contributed by atoms with Crippen LogP contribution < -0.4 is 9.64 Å². The van der Waals surface area contributed by atoms with Gasteiger partial charge in [-0.3, -0.25) is 9.69 Å². The first-order chi connectivity index (χ1) is 22.6. The number of carbonyl (C=O) groups is 2. The van der Waals surface area contributed by atoms with Crippen LogP contribution in [0.5, 0.6) is 5.75 Å². The van der Waals surface area contributed by atoms with Crippen LogP contribution in [-0.2, 0) is 22.3 Å². The third-order valence-electron chi connectivity index (χ3n) is 9.48. The van der Waals surface area contributed by atoms with Crippen LogP contribution in [0.4, 0.5) is 37.0 Å². The predicted molar refractivity (Wildman–Crippen MR) is 161 cm³/mol. The number of cyclic esters (lactones) is 1. The number of amides is 1. The molecular weight excluding hydrogens is 644 g/mol. The van der Waals surface area contributed by atoms with Gasteiger partial charge in [0.05, 0.1) is 50.0 Å². The Morgan fingerprint density at radius 3 is 2.35 bits per heavy atom. The van der Waals surface area contributed by atoms with Crippen LogP contribution in [0.15, 0.2) is 48.5 Å². The number of rotatable bonds is 8. The summed E-state index contributed by atoms with van der Waals surface area (Å²) in [6, 6.07) is 10.1. The summed E-state index contributed by atoms with van der Waals surface area (Å²) in [5, 5.41) is 9.42. The highest BCUT2D eigenvalue weighted by Gasteiger charge is 2.45. The average molecular weight is 678 g/mol. The molecule has 1 N–H and O–H groups in total. The van der Waals surface area contributed by atoms with Gasteiger partial charge in [0.25, 0.3) is 5.92 Å². The number of hydrogen-bond donors (Lipinski definition) is 1. The van der Waals surface area contributed by atoms with E-state index in [2.05, 4.69) is 4.98 Å². The molecule has 1 aliphatic carbocycles. The highest BCUT2D eigenvalue weighted by atomic mass is 19.4. The Bertz CT molecular complexity index is 1720. The fourth-order valence-corrected chi connectivity index (χ4v) is 6.83. The van der Waals surface area contributed by atoms with E-state index < -0.39 is 66.7 Å². The van der Waals surface area contributed by atoms with E-state index in [1.165, 1.54) is 16.9 Å². The minimum Gasteiger partial charge on any atom is -0.496 e. The summed E-state index contributed by atoms with van der Waals surface area (Å²) in [7, 11) is 1.49. The number of benzene rings is 2. The highest BCUT2D eigenvalue weighted by molar-refractivity contribution is 5.76. The summed E-state index contributed by atoms with van der Waals surface area (Å²) in [5.41, 5.74) is 1.00. The Balaban J connectivity index is 1.35. The van der Waals surface area contributed by atoms with Crippen LogP contribution in [0, 0.1) is 11.7 Å². The zero-order valence-electron chi connectivity index (χ0n) is 26.1. The quantitative estimate of drug-likeness (QED) is 0.243. The summed E-state index contributed by atoms with van der Waals surface area (Å²) in [4.78, 5) is 32.0. The van der Waals surface area contributed by atoms with Crippen molar-refractivity contribution in [2.24, 2.45) is 5.92 Å². The van der Waals surface area contributed by atoms with E-state index in [1.807, 2.05) is 12.1 Å². The molecule has 1 amide bonds. The molecule has 1 aromatic heterocycles. The monoisotopic (exact) mass is 677 g/mol. The number of aliphatic carboxylic acids is 1. The second-order valence-electron chi connectivity index (χ2n) is 12.7. The molecule has 256 valence electrons. The number of carboxylic acid groups (broad SMARTS) is 1. The molecule has 8 nitrogen and oxygen atoms in total. The lowest BCUT2D eigenvalue weighted by Crippen LogP contribution is -2.56. The number of carboxylic acids is 1. The van der Waals surface area contributed by atoms with Crippen molar-refractivity contribution in [3.05, 3.63) is 76.7 Å². The molecule has 3 fully saturated rings. The molecule has 1 saturated carbocycles. The fourth-order valence-electron chi connectivity index (χ4n) is 6.83. The lowest BCUT2D eigenvalue weighted by molar-refractivity contribution is -0.143. The van der Waals surface area contributed by atoms with Gasteiger partial charge >= 0.3 is 18.2 Å². The van der Waals surface area contributed by atoms with E-state index in [9.17, 15) is 41.0 Å². The molecule has 48 heavy (non-hydrogen) atoms. The van der Waals surface area contributed by atoms with Crippen LogP contribution in [0.25, 0.3) is 11.1 Å². The van der Waals surface area contributed by atoms with Crippen molar-refractivity contribution in [1.82, 2.24) is 9.88 Å². The molecule has 3 aliphatic rings. The number of pyridine rings is 1. The number of aromatic nitrogens is 1. The summed E-state index contributed by atoms with van der Waals surface area (Å²) in [6.45, 7) is 0.272. The first-order valence-corrected chi connectivity index (χ1v) is 15.5. The number of halogens is 6. The normalized spacial score (nSPS) is 23.9. The predicted octanol–water partition coefficient (Wildman–Crippen LogP) is 7.81. The van der Waals surface area contributed by atoms with Crippen LogP contribution in [-0.4, -0.2) is 59.2 Å². The third kappa shape index (κ3) is 6.61. The largest absolute Gasteiger partial charge is 0.496 e. The molecule has 0 spiro atoms. The molecule has 2 aromatic carbocycles. The van der Waals surface area contributed by atoms with Gasteiger partial charge in [0, 0.05) is 11.1 Å². The molecule has 0 unspecified atom stereocenters. The van der Waals surface area contributed by atoms with Gasteiger partial charge in [0.2, 0.25) is 0 Å². The van der Waals surface area contributed by atoms with E-state index >= 15 is 0 Å². The van der Waals surface area contributed by atoms with Crippen LogP contribution in [0.1, 0.15) is 67.0 Å². The van der Waals surface area contributed by atoms with Crippen LogP contribution in [0.2, 0.25) is 0 Å². The highest BCUT2D eigenvalue weighted by Crippen LogP contribution is 2.43. The number of carbonyl (C=O) groups excluding carboxylic acids is 1. The number of methoxy groups -OCH3 is 1. The van der Waals surface area contributed by atoms with E-state index in [0.717, 1.165) is 17.7 Å². The average Bonchev–Trinajstić information content (AvgIpc) is 3.31. The van der Waals surface area contributed by atoms with Crippen molar-refractivity contribution in [1.29, 1.82) is 0 Å². The Morgan fingerprint density at radius 2 is 1.73 bits per heavy atom. The van der Waals surface area contributed by atoms with E-state index in [1.54, 1.807) is 25.1 Å². The Labute approximate surface area is 272 Å². The minimum absolute atomic E-state index is 0.0893. The molecule has 2 aliphatic heterocycles. The number of ether oxygens (including phenoxy) is 2. The maximum atomic E-state index is 14.3. The molecule has 3 heterocycles. The smallest absolute Gasteiger partial charge is 0.416 e. The van der Waals surface area contributed by atoms with Crippen molar-refractivity contribution >= 4 is 17.9 Å². The van der Waals surface area contributed by atoms with Gasteiger partial charge in [-0.15, -0.1) is 0 Å². The number of nitrogens with zero attached hydrogens (tertiary/aromatic N) is 3. The standard InChI is InChI=1S/C34H33F6N3O5/c1-18-30(22-11-23(34(38,39)40)14-24(35)12-22)48-32(46)43(18)15-27-25(8-10-29(41-27)42-16-33(36,37)17-42)26-13-21(7-9-28(26)47-2)19-3-5-20(6-4-19)31(44)45/h7-14,18-20,30H,3-6,15-17H2,1-2H3,(H,44,45)/t18-,19-,20-,30-/m0/s1.